The molecule has 17 heavy (non-hydrogen) atoms. The lowest BCUT2D eigenvalue weighted by atomic mass is 10.1. The molecule has 1 atom stereocenters. The van der Waals surface area contributed by atoms with Gasteiger partial charge in [-0.2, -0.15) is 0 Å². The Morgan fingerprint density at radius 2 is 1.82 bits per heavy atom. The molecule has 0 aliphatic rings. The third kappa shape index (κ3) is 3.63. The summed E-state index contributed by atoms with van der Waals surface area (Å²) < 4.78 is 11.2. The summed E-state index contributed by atoms with van der Waals surface area (Å²) in [7, 11) is 1.61. The molecule has 96 valence electrons. The molecule has 0 saturated carbocycles. The fourth-order valence-corrected chi connectivity index (χ4v) is 1.68. The molecule has 0 saturated heterocycles. The fraction of sp³-hybridized carbons (Fsp3) is 0.571. The van der Waals surface area contributed by atoms with Crippen LogP contribution in [0.2, 0.25) is 0 Å². The molecule has 3 nitrogen and oxygen atoms in total. The van der Waals surface area contributed by atoms with Crippen LogP contribution in [0.3, 0.4) is 0 Å². The highest BCUT2D eigenvalue weighted by Crippen LogP contribution is 2.31. The largest absolute Gasteiger partial charge is 0.493 e. The maximum absolute atomic E-state index is 9.51. The minimum atomic E-state index is -0.494. The molecule has 0 heterocycles. The molecule has 0 spiro atoms. The van der Waals surface area contributed by atoms with Crippen LogP contribution in [0.5, 0.6) is 11.5 Å². The third-order valence-corrected chi connectivity index (χ3v) is 2.87. The van der Waals surface area contributed by atoms with Crippen molar-refractivity contribution in [2.24, 2.45) is 0 Å². The van der Waals surface area contributed by atoms with Crippen molar-refractivity contribution in [1.82, 2.24) is 0 Å². The molecule has 0 bridgehead atoms. The Kier molecular flexibility index (Phi) is 5.29. The summed E-state index contributed by atoms with van der Waals surface area (Å²) in [6.07, 6.45) is 1.66. The van der Waals surface area contributed by atoms with Gasteiger partial charge in [0.2, 0.25) is 0 Å². The van der Waals surface area contributed by atoms with Gasteiger partial charge in [0.1, 0.15) is 0 Å². The van der Waals surface area contributed by atoms with Crippen LogP contribution >= 0.6 is 0 Å². The van der Waals surface area contributed by atoms with Crippen LogP contribution in [0.4, 0.5) is 0 Å². The Morgan fingerprint density at radius 3 is 2.29 bits per heavy atom. The third-order valence-electron chi connectivity index (χ3n) is 2.87. The minimum Gasteiger partial charge on any atom is -0.493 e. The van der Waals surface area contributed by atoms with E-state index in [2.05, 4.69) is 13.8 Å². The van der Waals surface area contributed by atoms with Crippen molar-refractivity contribution in [3.63, 3.8) is 0 Å². The van der Waals surface area contributed by atoms with E-state index >= 15 is 0 Å². The van der Waals surface area contributed by atoms with E-state index < -0.39 is 6.10 Å². The molecule has 0 radical (unpaired) electrons. The van der Waals surface area contributed by atoms with E-state index in [0.29, 0.717) is 5.75 Å². The fourth-order valence-electron chi connectivity index (χ4n) is 1.68. The van der Waals surface area contributed by atoms with Crippen molar-refractivity contribution in [3.05, 3.63) is 23.8 Å². The Morgan fingerprint density at radius 1 is 1.18 bits per heavy atom. The highest BCUT2D eigenvalue weighted by Gasteiger charge is 2.12. The number of ether oxygens (including phenoxy) is 2. The van der Waals surface area contributed by atoms with E-state index in [1.165, 1.54) is 0 Å². The van der Waals surface area contributed by atoms with E-state index in [1.807, 2.05) is 18.2 Å². The summed E-state index contributed by atoms with van der Waals surface area (Å²) >= 11 is 0. The predicted molar refractivity (Wildman–Crippen MR) is 68.6 cm³/mol. The van der Waals surface area contributed by atoms with Crippen LogP contribution in [0, 0.1) is 0 Å². The van der Waals surface area contributed by atoms with Gasteiger partial charge in [-0.1, -0.05) is 19.9 Å². The van der Waals surface area contributed by atoms with Crippen LogP contribution in [0.15, 0.2) is 18.2 Å². The van der Waals surface area contributed by atoms with Crippen molar-refractivity contribution >= 4 is 0 Å². The number of hydrogen-bond acceptors (Lipinski definition) is 3. The summed E-state index contributed by atoms with van der Waals surface area (Å²) in [5, 5.41) is 9.51. The lowest BCUT2D eigenvalue weighted by Gasteiger charge is -2.18. The first kappa shape index (κ1) is 13.8. The van der Waals surface area contributed by atoms with E-state index in [-0.39, 0.29) is 6.10 Å². The van der Waals surface area contributed by atoms with Crippen LogP contribution in [-0.2, 0) is 0 Å². The molecule has 1 N–H and O–H groups in total. The first-order valence-corrected chi connectivity index (χ1v) is 6.15. The van der Waals surface area contributed by atoms with Crippen molar-refractivity contribution < 1.29 is 14.6 Å². The number of aliphatic hydroxyl groups excluding tert-OH is 1. The summed E-state index contributed by atoms with van der Waals surface area (Å²) in [5.41, 5.74) is 0.832. The van der Waals surface area contributed by atoms with Gasteiger partial charge in [-0.15, -0.1) is 0 Å². The van der Waals surface area contributed by atoms with Crippen molar-refractivity contribution in [2.75, 3.05) is 7.11 Å². The Balaban J connectivity index is 2.92. The van der Waals surface area contributed by atoms with Crippen LogP contribution in [0.1, 0.15) is 45.3 Å². The lowest BCUT2D eigenvalue weighted by Crippen LogP contribution is -2.14. The molecule has 1 aromatic carbocycles. The van der Waals surface area contributed by atoms with Gasteiger partial charge in [-0.05, 0) is 37.5 Å². The van der Waals surface area contributed by atoms with E-state index in [0.717, 1.165) is 24.2 Å². The molecule has 3 heteroatoms. The van der Waals surface area contributed by atoms with Gasteiger partial charge >= 0.3 is 0 Å². The standard InChI is InChI=1S/C14H22O3/c1-5-12(6-2)17-13-8-7-11(10(3)15)9-14(13)16-4/h7-10,12,15H,5-6H2,1-4H3/t10-/m1/s1. The maximum Gasteiger partial charge on any atom is 0.161 e. The Labute approximate surface area is 103 Å². The molecule has 0 unspecified atom stereocenters. The zero-order chi connectivity index (χ0) is 12.8. The Hall–Kier alpha value is -1.22. The molecule has 0 amide bonds. The van der Waals surface area contributed by atoms with Gasteiger partial charge in [0, 0.05) is 0 Å². The van der Waals surface area contributed by atoms with Crippen molar-refractivity contribution in [2.45, 2.75) is 45.8 Å². The normalized spacial score (nSPS) is 12.6. The lowest BCUT2D eigenvalue weighted by molar-refractivity contribution is 0.182. The predicted octanol–water partition coefficient (Wildman–Crippen LogP) is 3.32. The van der Waals surface area contributed by atoms with Crippen LogP contribution < -0.4 is 9.47 Å². The summed E-state index contributed by atoms with van der Waals surface area (Å²) in [6.45, 7) is 5.94. The van der Waals surface area contributed by atoms with Gasteiger partial charge in [0.15, 0.2) is 11.5 Å². The zero-order valence-electron chi connectivity index (χ0n) is 11.1. The molecular formula is C14H22O3. The summed E-state index contributed by atoms with van der Waals surface area (Å²) in [5.74, 6) is 1.42. The van der Waals surface area contributed by atoms with Gasteiger partial charge in [0.25, 0.3) is 0 Å². The summed E-state index contributed by atoms with van der Waals surface area (Å²) in [4.78, 5) is 0. The van der Waals surface area contributed by atoms with E-state index in [4.69, 9.17) is 9.47 Å². The number of methoxy groups -OCH3 is 1. The SMILES string of the molecule is CCC(CC)Oc1ccc([C@@H](C)O)cc1OC. The van der Waals surface area contributed by atoms with E-state index in [9.17, 15) is 5.11 Å². The van der Waals surface area contributed by atoms with Gasteiger partial charge in [-0.3, -0.25) is 0 Å². The van der Waals surface area contributed by atoms with Crippen LogP contribution in [-0.4, -0.2) is 18.3 Å². The van der Waals surface area contributed by atoms with Gasteiger partial charge < -0.3 is 14.6 Å². The number of aliphatic hydroxyl groups is 1. The Bertz CT molecular complexity index is 343. The second-order valence-corrected chi connectivity index (χ2v) is 4.14. The van der Waals surface area contributed by atoms with Gasteiger partial charge in [-0.25, -0.2) is 0 Å². The first-order valence-electron chi connectivity index (χ1n) is 6.15. The quantitative estimate of drug-likeness (QED) is 0.826. The monoisotopic (exact) mass is 238 g/mol. The molecule has 0 aromatic heterocycles. The van der Waals surface area contributed by atoms with Gasteiger partial charge in [0.05, 0.1) is 19.3 Å². The number of benzene rings is 1. The van der Waals surface area contributed by atoms with Crippen molar-refractivity contribution in [3.8, 4) is 11.5 Å². The number of hydrogen-bond donors (Lipinski definition) is 1. The average molecular weight is 238 g/mol. The maximum atomic E-state index is 9.51. The smallest absolute Gasteiger partial charge is 0.161 e. The molecular weight excluding hydrogens is 216 g/mol. The second-order valence-electron chi connectivity index (χ2n) is 4.14. The van der Waals surface area contributed by atoms with Crippen LogP contribution in [0.25, 0.3) is 0 Å². The molecule has 0 aliphatic carbocycles. The second kappa shape index (κ2) is 6.50. The summed E-state index contributed by atoms with van der Waals surface area (Å²) in [6, 6.07) is 5.55. The highest BCUT2D eigenvalue weighted by molar-refractivity contribution is 5.43. The van der Waals surface area contributed by atoms with E-state index in [1.54, 1.807) is 14.0 Å². The molecule has 0 fully saturated rings. The first-order chi connectivity index (χ1) is 8.12. The minimum absolute atomic E-state index is 0.210. The molecule has 1 rings (SSSR count). The van der Waals surface area contributed by atoms with Crippen molar-refractivity contribution in [1.29, 1.82) is 0 Å². The highest BCUT2D eigenvalue weighted by atomic mass is 16.5. The molecule has 1 aromatic rings. The molecule has 0 aliphatic heterocycles. The zero-order valence-corrected chi connectivity index (χ0v) is 11.1. The number of rotatable bonds is 6. The topological polar surface area (TPSA) is 38.7 Å². The average Bonchev–Trinajstić information content (AvgIpc) is 2.35.